The fraction of sp³-hybridized carbons (Fsp3) is 0.217. The molecule has 3 atom stereocenters. The molecule has 0 bridgehead atoms. The third-order valence-corrected chi connectivity index (χ3v) is 4.86. The lowest BCUT2D eigenvalue weighted by Gasteiger charge is -2.21. The van der Waals surface area contributed by atoms with Crippen molar-refractivity contribution in [1.29, 1.82) is 0 Å². The number of benzene rings is 3. The number of carboxylic acids is 1. The van der Waals surface area contributed by atoms with Crippen molar-refractivity contribution < 1.29 is 19.8 Å². The van der Waals surface area contributed by atoms with E-state index in [2.05, 4.69) is 5.32 Å². The molecule has 0 fully saturated rings. The van der Waals surface area contributed by atoms with E-state index >= 15 is 0 Å². The second-order valence-corrected chi connectivity index (χ2v) is 7.08. The van der Waals surface area contributed by atoms with Crippen molar-refractivity contribution in [1.82, 2.24) is 5.32 Å². The van der Waals surface area contributed by atoms with Crippen LogP contribution in [0.15, 0.2) is 72.8 Å². The third-order valence-electron chi connectivity index (χ3n) is 4.86. The van der Waals surface area contributed by atoms with Gasteiger partial charge in [-0.3, -0.25) is 4.79 Å². The van der Waals surface area contributed by atoms with Gasteiger partial charge in [0.2, 0.25) is 0 Å². The first-order valence-corrected chi connectivity index (χ1v) is 9.42. The third kappa shape index (κ3) is 5.40. The Labute approximate surface area is 169 Å². The van der Waals surface area contributed by atoms with E-state index in [0.29, 0.717) is 6.42 Å². The van der Waals surface area contributed by atoms with Gasteiger partial charge in [0.05, 0.1) is 0 Å². The standard InChI is InChI=1S/C23H24N2O4/c24-19(13-15-6-2-1-3-7-15)21(26)22(27)25-20(23(28)29)14-16-10-11-17-8-4-5-9-18(17)12-16/h1-12,19-21,26H,13-14,24H2,(H,25,27)(H,28,29)/t19-,20-,21?/m1/s1. The number of amides is 1. The molecule has 0 radical (unpaired) electrons. The number of carbonyl (C=O) groups excluding carboxylic acids is 1. The minimum atomic E-state index is -1.51. The molecule has 1 amide bonds. The zero-order valence-electron chi connectivity index (χ0n) is 15.9. The summed E-state index contributed by atoms with van der Waals surface area (Å²) < 4.78 is 0. The highest BCUT2D eigenvalue weighted by atomic mass is 16.4. The highest BCUT2D eigenvalue weighted by molar-refractivity contribution is 5.87. The number of nitrogens with one attached hydrogen (secondary N) is 1. The number of hydrogen-bond acceptors (Lipinski definition) is 4. The fourth-order valence-corrected chi connectivity index (χ4v) is 3.25. The van der Waals surface area contributed by atoms with Gasteiger partial charge >= 0.3 is 5.97 Å². The van der Waals surface area contributed by atoms with Gasteiger partial charge in [0.1, 0.15) is 12.1 Å². The van der Waals surface area contributed by atoms with E-state index in [9.17, 15) is 19.8 Å². The molecule has 0 heterocycles. The molecule has 6 nitrogen and oxygen atoms in total. The van der Waals surface area contributed by atoms with Gasteiger partial charge in [-0.25, -0.2) is 4.79 Å². The van der Waals surface area contributed by atoms with Crippen LogP contribution in [0, 0.1) is 0 Å². The number of rotatable bonds is 8. The van der Waals surface area contributed by atoms with Crippen LogP contribution in [0.1, 0.15) is 11.1 Å². The smallest absolute Gasteiger partial charge is 0.326 e. The predicted molar refractivity (Wildman–Crippen MR) is 111 cm³/mol. The number of aliphatic hydroxyl groups excluding tert-OH is 1. The van der Waals surface area contributed by atoms with Gasteiger partial charge in [0.15, 0.2) is 0 Å². The Balaban J connectivity index is 1.65. The van der Waals surface area contributed by atoms with Crippen LogP contribution in [0.25, 0.3) is 10.8 Å². The van der Waals surface area contributed by atoms with Crippen molar-refractivity contribution in [2.24, 2.45) is 5.73 Å². The normalized spacial score (nSPS) is 14.1. The number of carbonyl (C=O) groups is 2. The fourth-order valence-electron chi connectivity index (χ4n) is 3.25. The highest BCUT2D eigenvalue weighted by Crippen LogP contribution is 2.17. The summed E-state index contributed by atoms with van der Waals surface area (Å²) in [4.78, 5) is 24.0. The predicted octanol–water partition coefficient (Wildman–Crippen LogP) is 1.88. The quantitative estimate of drug-likeness (QED) is 0.468. The molecule has 0 aliphatic carbocycles. The minimum Gasteiger partial charge on any atom is -0.480 e. The van der Waals surface area contributed by atoms with Crippen LogP contribution >= 0.6 is 0 Å². The molecule has 29 heavy (non-hydrogen) atoms. The summed E-state index contributed by atoms with van der Waals surface area (Å²) in [5.74, 6) is -1.96. The summed E-state index contributed by atoms with van der Waals surface area (Å²) in [6.07, 6.45) is -1.10. The molecule has 0 aliphatic heterocycles. The summed E-state index contributed by atoms with van der Waals surface area (Å²) in [6.45, 7) is 0. The van der Waals surface area contributed by atoms with Gasteiger partial charge in [-0.15, -0.1) is 0 Å². The summed E-state index contributed by atoms with van der Waals surface area (Å²) in [7, 11) is 0. The second-order valence-electron chi connectivity index (χ2n) is 7.08. The van der Waals surface area contributed by atoms with Gasteiger partial charge in [-0.05, 0) is 28.3 Å². The van der Waals surface area contributed by atoms with Gasteiger partial charge in [0, 0.05) is 12.5 Å². The van der Waals surface area contributed by atoms with Crippen LogP contribution in [0.5, 0.6) is 0 Å². The zero-order chi connectivity index (χ0) is 20.8. The molecule has 3 aromatic rings. The zero-order valence-corrected chi connectivity index (χ0v) is 15.9. The van der Waals surface area contributed by atoms with Crippen LogP contribution in [0.4, 0.5) is 0 Å². The maximum Gasteiger partial charge on any atom is 0.326 e. The number of hydrogen-bond donors (Lipinski definition) is 4. The van der Waals surface area contributed by atoms with Crippen LogP contribution in [0.2, 0.25) is 0 Å². The SMILES string of the molecule is N[C@H](Cc1ccccc1)C(O)C(=O)N[C@H](Cc1ccc2ccccc2c1)C(=O)O. The molecule has 150 valence electrons. The maximum atomic E-state index is 12.4. The summed E-state index contributed by atoms with van der Waals surface area (Å²) in [6, 6.07) is 20.7. The number of aliphatic carboxylic acids is 1. The van der Waals surface area contributed by atoms with Crippen LogP contribution < -0.4 is 11.1 Å². The number of nitrogens with two attached hydrogens (primary N) is 1. The lowest BCUT2D eigenvalue weighted by molar-refractivity contribution is -0.143. The van der Waals surface area contributed by atoms with Crippen molar-refractivity contribution in [3.05, 3.63) is 83.9 Å². The Kier molecular flexibility index (Phi) is 6.59. The first kappa shape index (κ1) is 20.5. The topological polar surface area (TPSA) is 113 Å². The molecule has 0 aromatic heterocycles. The van der Waals surface area contributed by atoms with E-state index in [1.807, 2.05) is 72.8 Å². The first-order chi connectivity index (χ1) is 13.9. The monoisotopic (exact) mass is 392 g/mol. The second kappa shape index (κ2) is 9.32. The number of fused-ring (bicyclic) bond motifs is 1. The molecule has 0 saturated heterocycles. The first-order valence-electron chi connectivity index (χ1n) is 9.42. The van der Waals surface area contributed by atoms with Crippen LogP contribution in [-0.2, 0) is 22.4 Å². The summed E-state index contributed by atoms with van der Waals surface area (Å²) in [5.41, 5.74) is 7.62. The van der Waals surface area contributed by atoms with E-state index in [1.165, 1.54) is 0 Å². The maximum absolute atomic E-state index is 12.4. The minimum absolute atomic E-state index is 0.104. The molecule has 0 spiro atoms. The molecule has 3 rings (SSSR count). The van der Waals surface area contributed by atoms with Crippen molar-refractivity contribution in [2.75, 3.05) is 0 Å². The van der Waals surface area contributed by atoms with Crippen LogP contribution in [-0.4, -0.2) is 40.3 Å². The van der Waals surface area contributed by atoms with Gasteiger partial charge < -0.3 is 21.3 Å². The van der Waals surface area contributed by atoms with Crippen molar-refractivity contribution >= 4 is 22.6 Å². The molecule has 5 N–H and O–H groups in total. The Hall–Kier alpha value is -3.22. The Morgan fingerprint density at radius 3 is 2.21 bits per heavy atom. The largest absolute Gasteiger partial charge is 0.480 e. The lowest BCUT2D eigenvalue weighted by atomic mass is 9.99. The van der Waals surface area contributed by atoms with Crippen molar-refractivity contribution in [3.8, 4) is 0 Å². The van der Waals surface area contributed by atoms with Gasteiger partial charge in [0.25, 0.3) is 5.91 Å². The average molecular weight is 392 g/mol. The van der Waals surface area contributed by atoms with E-state index in [1.54, 1.807) is 0 Å². The van der Waals surface area contributed by atoms with E-state index in [0.717, 1.165) is 21.9 Å². The highest BCUT2D eigenvalue weighted by Gasteiger charge is 2.28. The van der Waals surface area contributed by atoms with Gasteiger partial charge in [-0.1, -0.05) is 72.8 Å². The van der Waals surface area contributed by atoms with E-state index in [4.69, 9.17) is 5.73 Å². The van der Waals surface area contributed by atoms with E-state index < -0.39 is 30.1 Å². The molecule has 0 aliphatic rings. The molecular formula is C23H24N2O4. The molecule has 0 saturated carbocycles. The Morgan fingerprint density at radius 2 is 1.52 bits per heavy atom. The van der Waals surface area contributed by atoms with Crippen molar-refractivity contribution in [2.45, 2.75) is 31.0 Å². The molecule has 3 aromatic carbocycles. The summed E-state index contributed by atoms with van der Waals surface area (Å²) in [5, 5.41) is 24.2. The number of aliphatic hydroxyl groups is 1. The van der Waals surface area contributed by atoms with Crippen LogP contribution in [0.3, 0.4) is 0 Å². The van der Waals surface area contributed by atoms with Gasteiger partial charge in [-0.2, -0.15) is 0 Å². The molecule has 1 unspecified atom stereocenters. The number of carboxylic acid groups (broad SMARTS) is 1. The Bertz CT molecular complexity index is 990. The average Bonchev–Trinajstić information content (AvgIpc) is 2.73. The van der Waals surface area contributed by atoms with Crippen molar-refractivity contribution in [3.63, 3.8) is 0 Å². The molecular weight excluding hydrogens is 368 g/mol. The summed E-state index contributed by atoms with van der Waals surface area (Å²) >= 11 is 0. The van der Waals surface area contributed by atoms with E-state index in [-0.39, 0.29) is 6.42 Å². The molecule has 6 heteroatoms. The Morgan fingerprint density at radius 1 is 0.862 bits per heavy atom. The lowest BCUT2D eigenvalue weighted by Crippen LogP contribution is -2.52.